The second-order valence-electron chi connectivity index (χ2n) is 4.95. The van der Waals surface area contributed by atoms with Gasteiger partial charge in [-0.3, -0.25) is 0 Å². The summed E-state index contributed by atoms with van der Waals surface area (Å²) in [4.78, 5) is 12.2. The van der Waals surface area contributed by atoms with Crippen molar-refractivity contribution in [3.8, 4) is 0 Å². The first-order valence-electron chi connectivity index (χ1n) is 6.41. The minimum absolute atomic E-state index is 0.143. The molecule has 1 aliphatic rings. The van der Waals surface area contributed by atoms with Crippen LogP contribution in [0.5, 0.6) is 0 Å². The number of ether oxygens (including phenoxy) is 1. The van der Waals surface area contributed by atoms with Crippen molar-refractivity contribution in [2.24, 2.45) is 5.92 Å². The van der Waals surface area contributed by atoms with Gasteiger partial charge in [0.1, 0.15) is 5.54 Å². The van der Waals surface area contributed by atoms with Crippen LogP contribution in [0.2, 0.25) is 5.02 Å². The molecule has 1 heterocycles. The lowest BCUT2D eigenvalue weighted by Gasteiger charge is -2.41. The van der Waals surface area contributed by atoms with Gasteiger partial charge in [0.2, 0.25) is 0 Å². The van der Waals surface area contributed by atoms with E-state index in [2.05, 4.69) is 10.6 Å². The maximum Gasteiger partial charge on any atom is 0.331 e. The van der Waals surface area contributed by atoms with Gasteiger partial charge in [0.15, 0.2) is 0 Å². The molecular weight excluding hydrogens is 264 g/mol. The molecule has 1 aromatic rings. The van der Waals surface area contributed by atoms with Crippen LogP contribution in [-0.2, 0) is 9.53 Å². The largest absolute Gasteiger partial charge is 0.467 e. The lowest BCUT2D eigenvalue weighted by molar-refractivity contribution is -0.148. The fraction of sp³-hybridized carbons (Fsp3) is 0.500. The summed E-state index contributed by atoms with van der Waals surface area (Å²) in [6, 6.07) is 7.37. The van der Waals surface area contributed by atoms with Crippen LogP contribution in [0.1, 0.15) is 13.3 Å². The number of carbonyl (C=O) groups is 1. The summed E-state index contributed by atoms with van der Waals surface area (Å²) in [6.07, 6.45) is 0.698. The number of esters is 1. The van der Waals surface area contributed by atoms with Crippen molar-refractivity contribution in [1.82, 2.24) is 5.32 Å². The Kier molecular flexibility index (Phi) is 4.32. The molecule has 0 radical (unpaired) electrons. The average Bonchev–Trinajstić information content (AvgIpc) is 2.43. The van der Waals surface area contributed by atoms with Crippen molar-refractivity contribution in [1.29, 1.82) is 0 Å². The van der Waals surface area contributed by atoms with Crippen LogP contribution in [0.4, 0.5) is 5.69 Å². The molecular formula is C14H19ClN2O2. The van der Waals surface area contributed by atoms with Gasteiger partial charge >= 0.3 is 5.97 Å². The highest BCUT2D eigenvalue weighted by atomic mass is 35.5. The number of carbonyl (C=O) groups excluding carboxylic acids is 1. The summed E-state index contributed by atoms with van der Waals surface area (Å²) in [5, 5.41) is 7.32. The molecule has 5 heteroatoms. The molecule has 104 valence electrons. The zero-order valence-electron chi connectivity index (χ0n) is 11.2. The first-order valence-corrected chi connectivity index (χ1v) is 6.79. The van der Waals surface area contributed by atoms with Crippen LogP contribution in [0.25, 0.3) is 0 Å². The molecule has 2 N–H and O–H groups in total. The van der Waals surface area contributed by atoms with Crippen molar-refractivity contribution in [3.05, 3.63) is 29.3 Å². The minimum Gasteiger partial charge on any atom is -0.467 e. The number of hydrogen-bond acceptors (Lipinski definition) is 4. The molecule has 1 fully saturated rings. The fourth-order valence-electron chi connectivity index (χ4n) is 2.54. The molecule has 19 heavy (non-hydrogen) atoms. The average molecular weight is 283 g/mol. The predicted octanol–water partition coefficient (Wildman–Crippen LogP) is 2.29. The summed E-state index contributed by atoms with van der Waals surface area (Å²) in [5.41, 5.74) is 0.205. The Labute approximate surface area is 118 Å². The monoisotopic (exact) mass is 282 g/mol. The highest BCUT2D eigenvalue weighted by Gasteiger charge is 2.46. The van der Waals surface area contributed by atoms with Gasteiger partial charge in [-0.1, -0.05) is 18.5 Å². The zero-order chi connectivity index (χ0) is 13.9. The summed E-state index contributed by atoms with van der Waals surface area (Å²) < 4.78 is 5.00. The van der Waals surface area contributed by atoms with Crippen LogP contribution in [0.15, 0.2) is 24.3 Å². The molecule has 2 atom stereocenters. The lowest BCUT2D eigenvalue weighted by atomic mass is 9.79. The molecule has 2 rings (SSSR count). The van der Waals surface area contributed by atoms with E-state index >= 15 is 0 Å². The highest BCUT2D eigenvalue weighted by molar-refractivity contribution is 6.30. The van der Waals surface area contributed by atoms with E-state index in [0.29, 0.717) is 11.4 Å². The SMILES string of the molecule is COC(=O)C1(Nc2ccc(Cl)cc2)CCNCC1C. The Morgan fingerprint density at radius 3 is 2.74 bits per heavy atom. The number of rotatable bonds is 3. The van der Waals surface area contributed by atoms with Gasteiger partial charge in [0.25, 0.3) is 0 Å². The Bertz CT molecular complexity index is 449. The van der Waals surface area contributed by atoms with E-state index in [0.717, 1.165) is 18.8 Å². The van der Waals surface area contributed by atoms with Crippen molar-refractivity contribution < 1.29 is 9.53 Å². The van der Waals surface area contributed by atoms with E-state index in [-0.39, 0.29) is 11.9 Å². The molecule has 1 aromatic carbocycles. The van der Waals surface area contributed by atoms with Gasteiger partial charge in [-0.2, -0.15) is 0 Å². The van der Waals surface area contributed by atoms with Crippen LogP contribution >= 0.6 is 11.6 Å². The van der Waals surface area contributed by atoms with Gasteiger partial charge in [-0.25, -0.2) is 4.79 Å². The maximum absolute atomic E-state index is 12.2. The third-order valence-electron chi connectivity index (χ3n) is 3.75. The number of nitrogens with one attached hydrogen (secondary N) is 2. The van der Waals surface area contributed by atoms with Gasteiger partial charge in [-0.05, 0) is 37.2 Å². The second-order valence-corrected chi connectivity index (χ2v) is 5.39. The topological polar surface area (TPSA) is 50.4 Å². The number of hydrogen-bond donors (Lipinski definition) is 2. The van der Waals surface area contributed by atoms with Crippen molar-refractivity contribution in [2.45, 2.75) is 18.9 Å². The highest BCUT2D eigenvalue weighted by Crippen LogP contribution is 2.30. The summed E-state index contributed by atoms with van der Waals surface area (Å²) in [5.74, 6) is -0.0687. The Hall–Kier alpha value is -1.26. The Morgan fingerprint density at radius 1 is 1.47 bits per heavy atom. The Morgan fingerprint density at radius 2 is 2.16 bits per heavy atom. The molecule has 0 spiro atoms. The van der Waals surface area contributed by atoms with Crippen LogP contribution < -0.4 is 10.6 Å². The van der Waals surface area contributed by atoms with Gasteiger partial charge in [0.05, 0.1) is 7.11 Å². The fourth-order valence-corrected chi connectivity index (χ4v) is 2.66. The number of methoxy groups -OCH3 is 1. The van der Waals surface area contributed by atoms with Gasteiger partial charge < -0.3 is 15.4 Å². The molecule has 0 saturated carbocycles. The van der Waals surface area contributed by atoms with E-state index in [1.54, 1.807) is 12.1 Å². The van der Waals surface area contributed by atoms with Crippen molar-refractivity contribution in [2.75, 3.05) is 25.5 Å². The molecule has 0 amide bonds. The quantitative estimate of drug-likeness (QED) is 0.835. The van der Waals surface area contributed by atoms with Crippen LogP contribution in [0.3, 0.4) is 0 Å². The zero-order valence-corrected chi connectivity index (χ0v) is 12.0. The predicted molar refractivity (Wildman–Crippen MR) is 76.5 cm³/mol. The van der Waals surface area contributed by atoms with E-state index in [1.807, 2.05) is 19.1 Å². The summed E-state index contributed by atoms with van der Waals surface area (Å²) in [7, 11) is 1.43. The van der Waals surface area contributed by atoms with Gasteiger partial charge in [-0.15, -0.1) is 0 Å². The second kappa shape index (κ2) is 5.80. The molecule has 1 saturated heterocycles. The molecule has 1 aliphatic heterocycles. The van der Waals surface area contributed by atoms with Crippen molar-refractivity contribution in [3.63, 3.8) is 0 Å². The number of piperidine rings is 1. The van der Waals surface area contributed by atoms with Gasteiger partial charge in [0, 0.05) is 23.2 Å². The smallest absolute Gasteiger partial charge is 0.331 e. The maximum atomic E-state index is 12.2. The van der Waals surface area contributed by atoms with E-state index in [9.17, 15) is 4.79 Å². The lowest BCUT2D eigenvalue weighted by Crippen LogP contribution is -2.59. The van der Waals surface area contributed by atoms with Crippen LogP contribution in [0, 0.1) is 5.92 Å². The normalized spacial score (nSPS) is 26.8. The number of anilines is 1. The third-order valence-corrected chi connectivity index (χ3v) is 4.00. The van der Waals surface area contributed by atoms with E-state index in [4.69, 9.17) is 16.3 Å². The van der Waals surface area contributed by atoms with Crippen molar-refractivity contribution >= 4 is 23.3 Å². The summed E-state index contributed by atoms with van der Waals surface area (Å²) >= 11 is 5.88. The molecule has 0 aromatic heterocycles. The van der Waals surface area contributed by atoms with E-state index in [1.165, 1.54) is 7.11 Å². The molecule has 2 unspecified atom stereocenters. The molecule has 4 nitrogen and oxygen atoms in total. The first kappa shape index (κ1) is 14.2. The Balaban J connectivity index is 2.27. The summed E-state index contributed by atoms with van der Waals surface area (Å²) in [6.45, 7) is 3.63. The first-order chi connectivity index (χ1) is 9.08. The van der Waals surface area contributed by atoms with E-state index < -0.39 is 5.54 Å². The minimum atomic E-state index is -0.673. The number of benzene rings is 1. The molecule has 0 bridgehead atoms. The standard InChI is InChI=1S/C14H19ClN2O2/c1-10-9-16-8-7-14(10,13(18)19-2)17-12-5-3-11(15)4-6-12/h3-6,10,16-17H,7-9H2,1-2H3. The van der Waals surface area contributed by atoms with Crippen LogP contribution in [-0.4, -0.2) is 31.7 Å². The third kappa shape index (κ3) is 2.85. The number of halogens is 1. The molecule has 0 aliphatic carbocycles.